The third-order valence-corrected chi connectivity index (χ3v) is 4.08. The highest BCUT2D eigenvalue weighted by atomic mass is 35.5. The summed E-state index contributed by atoms with van der Waals surface area (Å²) in [5.74, 6) is 0. The topological polar surface area (TPSA) is 26.0 Å². The zero-order valence-electron chi connectivity index (χ0n) is 11.0. The van der Waals surface area contributed by atoms with Gasteiger partial charge in [-0.1, -0.05) is 41.4 Å². The molecule has 1 atom stereocenters. The monoisotopic (exact) mass is 333 g/mol. The Labute approximate surface area is 130 Å². The fourth-order valence-electron chi connectivity index (χ4n) is 2.13. The Morgan fingerprint density at radius 3 is 2.29 bits per heavy atom. The minimum Gasteiger partial charge on any atom is -0.320 e. The first kappa shape index (κ1) is 16.1. The molecular weight excluding hydrogens is 322 g/mol. The van der Waals surface area contributed by atoms with Gasteiger partial charge in [0.15, 0.2) is 0 Å². The number of nitrogens with two attached hydrogens (primary N) is 1. The molecule has 112 valence electrons. The average Bonchev–Trinajstić information content (AvgIpc) is 2.40. The molecule has 0 aliphatic carbocycles. The number of benzene rings is 2. The van der Waals surface area contributed by atoms with Gasteiger partial charge in [0.2, 0.25) is 0 Å². The molecule has 2 aromatic rings. The van der Waals surface area contributed by atoms with Crippen LogP contribution in [0.25, 0.3) is 0 Å². The zero-order chi connectivity index (χ0) is 15.8. The van der Waals surface area contributed by atoms with E-state index in [1.165, 1.54) is 6.07 Å². The molecule has 0 saturated carbocycles. The summed E-state index contributed by atoms with van der Waals surface area (Å²) in [6.45, 7) is 1.59. The second-order valence-corrected chi connectivity index (χ2v) is 5.48. The van der Waals surface area contributed by atoms with Crippen LogP contribution in [0.5, 0.6) is 0 Å². The summed E-state index contributed by atoms with van der Waals surface area (Å²) >= 11 is 12.0. The van der Waals surface area contributed by atoms with E-state index in [9.17, 15) is 13.2 Å². The standard InChI is InChI=1S/C15H12Cl2F3N/c1-8-7-9(15(18,19)20)5-6-10(8)14(21)11-3-2-4-12(16)13(11)17/h2-7,14H,21H2,1H3. The van der Waals surface area contributed by atoms with Crippen molar-refractivity contribution < 1.29 is 13.2 Å². The molecule has 2 aromatic carbocycles. The highest BCUT2D eigenvalue weighted by molar-refractivity contribution is 6.42. The highest BCUT2D eigenvalue weighted by Gasteiger charge is 2.31. The Hall–Kier alpha value is -1.23. The molecule has 1 unspecified atom stereocenters. The lowest BCUT2D eigenvalue weighted by Crippen LogP contribution is -2.15. The molecule has 0 radical (unpaired) electrons. The van der Waals surface area contributed by atoms with Gasteiger partial charge in [0.25, 0.3) is 0 Å². The minimum absolute atomic E-state index is 0.311. The Balaban J connectivity index is 2.45. The number of alkyl halides is 3. The number of hydrogen-bond acceptors (Lipinski definition) is 1. The van der Waals surface area contributed by atoms with Crippen LogP contribution in [0.4, 0.5) is 13.2 Å². The zero-order valence-corrected chi connectivity index (χ0v) is 12.5. The highest BCUT2D eigenvalue weighted by Crippen LogP contribution is 2.35. The third kappa shape index (κ3) is 3.34. The summed E-state index contributed by atoms with van der Waals surface area (Å²) < 4.78 is 38.0. The lowest BCUT2D eigenvalue weighted by molar-refractivity contribution is -0.137. The summed E-state index contributed by atoms with van der Waals surface area (Å²) in [6.07, 6.45) is -4.37. The largest absolute Gasteiger partial charge is 0.416 e. The van der Waals surface area contributed by atoms with Crippen LogP contribution < -0.4 is 5.73 Å². The molecule has 21 heavy (non-hydrogen) atoms. The summed E-state index contributed by atoms with van der Waals surface area (Å²) in [7, 11) is 0. The van der Waals surface area contributed by atoms with E-state index >= 15 is 0 Å². The molecule has 0 bridgehead atoms. The molecule has 0 aliphatic rings. The predicted octanol–water partition coefficient (Wildman–Crippen LogP) is 5.37. The normalized spacial score (nSPS) is 13.3. The van der Waals surface area contributed by atoms with Gasteiger partial charge >= 0.3 is 6.18 Å². The molecule has 0 heterocycles. The van der Waals surface area contributed by atoms with Crippen molar-refractivity contribution in [3.63, 3.8) is 0 Å². The molecule has 0 aliphatic heterocycles. The van der Waals surface area contributed by atoms with Crippen LogP contribution >= 0.6 is 23.2 Å². The van der Waals surface area contributed by atoms with Crippen molar-refractivity contribution in [1.29, 1.82) is 0 Å². The van der Waals surface area contributed by atoms with E-state index < -0.39 is 17.8 Å². The molecule has 2 rings (SSSR count). The van der Waals surface area contributed by atoms with Crippen molar-refractivity contribution >= 4 is 23.2 Å². The quantitative estimate of drug-likeness (QED) is 0.785. The number of aryl methyl sites for hydroxylation is 1. The maximum Gasteiger partial charge on any atom is 0.416 e. The first-order chi connectivity index (χ1) is 9.71. The van der Waals surface area contributed by atoms with Gasteiger partial charge in [-0.25, -0.2) is 0 Å². The van der Waals surface area contributed by atoms with Crippen LogP contribution in [0, 0.1) is 6.92 Å². The van der Waals surface area contributed by atoms with Crippen molar-refractivity contribution in [3.8, 4) is 0 Å². The van der Waals surface area contributed by atoms with Crippen LogP contribution in [0.15, 0.2) is 36.4 Å². The molecule has 1 nitrogen and oxygen atoms in total. The van der Waals surface area contributed by atoms with Crippen molar-refractivity contribution in [2.75, 3.05) is 0 Å². The molecule has 0 amide bonds. The average molecular weight is 334 g/mol. The van der Waals surface area contributed by atoms with Crippen molar-refractivity contribution in [2.24, 2.45) is 5.73 Å². The van der Waals surface area contributed by atoms with E-state index in [4.69, 9.17) is 28.9 Å². The van der Waals surface area contributed by atoms with Crippen LogP contribution in [-0.2, 0) is 6.18 Å². The van der Waals surface area contributed by atoms with E-state index in [2.05, 4.69) is 0 Å². The molecule has 6 heteroatoms. The van der Waals surface area contributed by atoms with E-state index in [1.807, 2.05) is 0 Å². The molecule has 0 spiro atoms. The van der Waals surface area contributed by atoms with Gasteiger partial charge in [0.1, 0.15) is 0 Å². The van der Waals surface area contributed by atoms with E-state index in [1.54, 1.807) is 25.1 Å². The first-order valence-electron chi connectivity index (χ1n) is 6.09. The summed E-state index contributed by atoms with van der Waals surface area (Å²) in [5.41, 5.74) is 7.03. The van der Waals surface area contributed by atoms with Crippen molar-refractivity contribution in [1.82, 2.24) is 0 Å². The Kier molecular flexibility index (Phi) is 4.51. The molecule has 0 fully saturated rings. The number of hydrogen-bond donors (Lipinski definition) is 1. The fraction of sp³-hybridized carbons (Fsp3) is 0.200. The van der Waals surface area contributed by atoms with Crippen LogP contribution in [0.1, 0.15) is 28.3 Å². The second kappa shape index (κ2) is 5.87. The maximum absolute atomic E-state index is 12.7. The van der Waals surface area contributed by atoms with Gasteiger partial charge in [-0.05, 0) is 41.8 Å². The minimum atomic E-state index is -4.37. The third-order valence-electron chi connectivity index (χ3n) is 3.25. The van der Waals surface area contributed by atoms with Crippen LogP contribution in [0.3, 0.4) is 0 Å². The smallest absolute Gasteiger partial charge is 0.320 e. The predicted molar refractivity (Wildman–Crippen MR) is 78.7 cm³/mol. The van der Waals surface area contributed by atoms with Crippen LogP contribution in [-0.4, -0.2) is 0 Å². The Morgan fingerprint density at radius 2 is 1.71 bits per heavy atom. The molecule has 0 aromatic heterocycles. The van der Waals surface area contributed by atoms with Gasteiger partial charge in [-0.15, -0.1) is 0 Å². The first-order valence-corrected chi connectivity index (χ1v) is 6.84. The summed E-state index contributed by atoms with van der Waals surface area (Å²) in [5, 5.41) is 0.667. The number of halogens is 5. The fourth-order valence-corrected chi connectivity index (χ4v) is 2.55. The lowest BCUT2D eigenvalue weighted by atomic mass is 9.94. The van der Waals surface area contributed by atoms with Gasteiger partial charge in [0.05, 0.1) is 21.7 Å². The summed E-state index contributed by atoms with van der Waals surface area (Å²) in [6, 6.07) is 7.85. The maximum atomic E-state index is 12.7. The molecular formula is C15H12Cl2F3N. The van der Waals surface area contributed by atoms with Gasteiger partial charge in [-0.3, -0.25) is 0 Å². The van der Waals surface area contributed by atoms with E-state index in [0.717, 1.165) is 12.1 Å². The van der Waals surface area contributed by atoms with Gasteiger partial charge in [0, 0.05) is 0 Å². The Morgan fingerprint density at radius 1 is 1.05 bits per heavy atom. The van der Waals surface area contributed by atoms with Crippen molar-refractivity contribution in [3.05, 3.63) is 68.7 Å². The second-order valence-electron chi connectivity index (χ2n) is 4.69. The summed E-state index contributed by atoms with van der Waals surface area (Å²) in [4.78, 5) is 0. The molecule has 2 N–H and O–H groups in total. The SMILES string of the molecule is Cc1cc(C(F)(F)F)ccc1C(N)c1cccc(Cl)c1Cl. The lowest BCUT2D eigenvalue weighted by Gasteiger charge is -2.18. The van der Waals surface area contributed by atoms with E-state index in [0.29, 0.717) is 26.7 Å². The van der Waals surface area contributed by atoms with E-state index in [-0.39, 0.29) is 0 Å². The van der Waals surface area contributed by atoms with Crippen molar-refractivity contribution in [2.45, 2.75) is 19.1 Å². The molecule has 0 saturated heterocycles. The van der Waals surface area contributed by atoms with Crippen LogP contribution in [0.2, 0.25) is 10.0 Å². The Bertz CT molecular complexity index is 668. The van der Waals surface area contributed by atoms with Gasteiger partial charge in [-0.2, -0.15) is 13.2 Å². The number of rotatable bonds is 2. The van der Waals surface area contributed by atoms with Gasteiger partial charge < -0.3 is 5.73 Å².